The van der Waals surface area contributed by atoms with Crippen LogP contribution in [0.2, 0.25) is 0 Å². The Morgan fingerprint density at radius 3 is 2.50 bits per heavy atom. The first-order valence-electron chi connectivity index (χ1n) is 3.87. The van der Waals surface area contributed by atoms with E-state index in [1.807, 2.05) is 0 Å². The summed E-state index contributed by atoms with van der Waals surface area (Å²) in [6.07, 6.45) is 0. The van der Waals surface area contributed by atoms with Gasteiger partial charge in [0.1, 0.15) is 0 Å². The number of rotatable bonds is 5. The monoisotopic (exact) mass is 233 g/mol. The molecule has 0 saturated carbocycles. The van der Waals surface area contributed by atoms with Crippen molar-refractivity contribution in [1.29, 1.82) is 0 Å². The summed E-state index contributed by atoms with van der Waals surface area (Å²) < 4.78 is 0. The third kappa shape index (κ3) is 7.97. The van der Waals surface area contributed by atoms with Crippen molar-refractivity contribution in [2.75, 3.05) is 12.3 Å². The van der Waals surface area contributed by atoms with Crippen molar-refractivity contribution in [2.24, 2.45) is 5.11 Å². The van der Waals surface area contributed by atoms with E-state index in [9.17, 15) is 9.59 Å². The van der Waals surface area contributed by atoms with Crippen molar-refractivity contribution in [2.45, 2.75) is 19.1 Å². The standard InChI is InChI=1S/C7H11N3O2S2/c1-5(11)13-4-7(3-9-10-8)14-6(2)12/h7H,3-4H2,1-2H3. The number of nitrogens with zero attached hydrogens (tertiary/aromatic N) is 3. The van der Waals surface area contributed by atoms with Gasteiger partial charge in [0.15, 0.2) is 10.2 Å². The summed E-state index contributed by atoms with van der Waals surface area (Å²) in [5.41, 5.74) is 8.12. The summed E-state index contributed by atoms with van der Waals surface area (Å²) >= 11 is 2.24. The topological polar surface area (TPSA) is 82.9 Å². The zero-order valence-corrected chi connectivity index (χ0v) is 9.60. The summed E-state index contributed by atoms with van der Waals surface area (Å²) in [6.45, 7) is 3.15. The maximum atomic E-state index is 10.8. The maximum Gasteiger partial charge on any atom is 0.186 e. The Kier molecular flexibility index (Phi) is 7.37. The lowest BCUT2D eigenvalue weighted by Crippen LogP contribution is -2.13. The smallest absolute Gasteiger partial charge is 0.186 e. The van der Waals surface area contributed by atoms with Crippen LogP contribution >= 0.6 is 23.5 Å². The molecule has 78 valence electrons. The van der Waals surface area contributed by atoms with Crippen LogP contribution in [0.15, 0.2) is 5.11 Å². The molecule has 14 heavy (non-hydrogen) atoms. The fraction of sp³-hybridized carbons (Fsp3) is 0.714. The van der Waals surface area contributed by atoms with Crippen LogP contribution in [-0.2, 0) is 9.59 Å². The molecule has 0 N–H and O–H groups in total. The largest absolute Gasteiger partial charge is 0.288 e. The fourth-order valence-electron chi connectivity index (χ4n) is 0.697. The molecule has 0 aromatic heterocycles. The average Bonchev–Trinajstić information content (AvgIpc) is 2.09. The van der Waals surface area contributed by atoms with Gasteiger partial charge in [-0.25, -0.2) is 0 Å². The van der Waals surface area contributed by atoms with E-state index in [0.717, 1.165) is 23.5 Å². The fourth-order valence-corrected chi connectivity index (χ4v) is 2.31. The normalized spacial score (nSPS) is 11.6. The highest BCUT2D eigenvalue weighted by atomic mass is 32.2. The Labute approximate surface area is 90.6 Å². The number of thioether (sulfide) groups is 2. The molecule has 0 aliphatic rings. The highest BCUT2D eigenvalue weighted by Crippen LogP contribution is 2.18. The molecule has 0 aromatic rings. The molecular formula is C7H11N3O2S2. The molecule has 0 fully saturated rings. The lowest BCUT2D eigenvalue weighted by Gasteiger charge is -2.09. The van der Waals surface area contributed by atoms with Crippen LogP contribution in [0.5, 0.6) is 0 Å². The van der Waals surface area contributed by atoms with Gasteiger partial charge in [0.05, 0.1) is 0 Å². The predicted molar refractivity (Wildman–Crippen MR) is 59.2 cm³/mol. The summed E-state index contributed by atoms with van der Waals surface area (Å²) in [4.78, 5) is 24.1. The maximum absolute atomic E-state index is 10.8. The van der Waals surface area contributed by atoms with Crippen molar-refractivity contribution < 1.29 is 9.59 Å². The summed E-state index contributed by atoms with van der Waals surface area (Å²) in [6, 6.07) is 0. The van der Waals surface area contributed by atoms with E-state index in [-0.39, 0.29) is 22.0 Å². The van der Waals surface area contributed by atoms with Crippen LogP contribution in [0.25, 0.3) is 10.4 Å². The van der Waals surface area contributed by atoms with Crippen molar-refractivity contribution in [3.63, 3.8) is 0 Å². The average molecular weight is 233 g/mol. The second-order valence-electron chi connectivity index (χ2n) is 2.45. The molecule has 0 radical (unpaired) electrons. The van der Waals surface area contributed by atoms with Crippen molar-refractivity contribution in [1.82, 2.24) is 0 Å². The Morgan fingerprint density at radius 1 is 1.43 bits per heavy atom. The van der Waals surface area contributed by atoms with Gasteiger partial charge in [0, 0.05) is 36.3 Å². The van der Waals surface area contributed by atoms with Gasteiger partial charge in [-0.3, -0.25) is 9.59 Å². The minimum atomic E-state index is -0.114. The Bertz CT molecular complexity index is 260. The minimum absolute atomic E-state index is 0.0000827. The molecule has 0 bridgehead atoms. The third-order valence-corrected chi connectivity index (χ3v) is 3.32. The zero-order chi connectivity index (χ0) is 11.0. The number of carbonyl (C=O) groups is 2. The van der Waals surface area contributed by atoms with Crippen molar-refractivity contribution in [3.8, 4) is 0 Å². The van der Waals surface area contributed by atoms with Gasteiger partial charge < -0.3 is 0 Å². The van der Waals surface area contributed by atoms with Gasteiger partial charge in [-0.1, -0.05) is 28.6 Å². The van der Waals surface area contributed by atoms with Crippen LogP contribution in [-0.4, -0.2) is 27.8 Å². The molecule has 0 aliphatic heterocycles. The molecular weight excluding hydrogens is 222 g/mol. The van der Waals surface area contributed by atoms with Gasteiger partial charge >= 0.3 is 0 Å². The van der Waals surface area contributed by atoms with Crippen LogP contribution in [0.3, 0.4) is 0 Å². The first kappa shape index (κ1) is 13.4. The Hall–Kier alpha value is -0.650. The first-order valence-corrected chi connectivity index (χ1v) is 5.74. The van der Waals surface area contributed by atoms with Crippen LogP contribution in [0, 0.1) is 0 Å². The number of hydrogen-bond donors (Lipinski definition) is 0. The number of azide groups is 1. The third-order valence-electron chi connectivity index (χ3n) is 1.15. The molecule has 7 heteroatoms. The van der Waals surface area contributed by atoms with E-state index >= 15 is 0 Å². The van der Waals surface area contributed by atoms with Crippen LogP contribution in [0.4, 0.5) is 0 Å². The van der Waals surface area contributed by atoms with Gasteiger partial charge in [-0.05, 0) is 5.53 Å². The van der Waals surface area contributed by atoms with Gasteiger partial charge in [-0.15, -0.1) is 0 Å². The van der Waals surface area contributed by atoms with E-state index in [2.05, 4.69) is 10.0 Å². The Balaban J connectivity index is 4.02. The molecule has 0 saturated heterocycles. The molecule has 1 atom stereocenters. The van der Waals surface area contributed by atoms with Crippen molar-refractivity contribution >= 4 is 33.8 Å². The van der Waals surface area contributed by atoms with E-state index in [1.165, 1.54) is 13.8 Å². The molecule has 0 spiro atoms. The van der Waals surface area contributed by atoms with E-state index in [0.29, 0.717) is 5.75 Å². The van der Waals surface area contributed by atoms with Gasteiger partial charge in [0.2, 0.25) is 0 Å². The second kappa shape index (κ2) is 7.73. The summed E-state index contributed by atoms with van der Waals surface area (Å²) in [5.74, 6) is 0.499. The van der Waals surface area contributed by atoms with E-state index in [4.69, 9.17) is 5.53 Å². The summed E-state index contributed by atoms with van der Waals surface area (Å²) in [5, 5.41) is 3.24. The molecule has 5 nitrogen and oxygen atoms in total. The van der Waals surface area contributed by atoms with Gasteiger partial charge in [0.25, 0.3) is 0 Å². The first-order chi connectivity index (χ1) is 6.56. The molecule has 0 aromatic carbocycles. The van der Waals surface area contributed by atoms with Crippen LogP contribution in [0.1, 0.15) is 13.8 Å². The van der Waals surface area contributed by atoms with Gasteiger partial charge in [-0.2, -0.15) is 0 Å². The SMILES string of the molecule is CC(=O)SCC(CN=[N+]=[N-])SC(C)=O. The lowest BCUT2D eigenvalue weighted by molar-refractivity contribution is -0.110. The van der Waals surface area contributed by atoms with Crippen LogP contribution < -0.4 is 0 Å². The van der Waals surface area contributed by atoms with Crippen molar-refractivity contribution in [3.05, 3.63) is 10.4 Å². The lowest BCUT2D eigenvalue weighted by atomic mass is 10.5. The van der Waals surface area contributed by atoms with E-state index < -0.39 is 0 Å². The van der Waals surface area contributed by atoms with E-state index in [1.54, 1.807) is 0 Å². The molecule has 0 heterocycles. The molecule has 0 rings (SSSR count). The number of carbonyl (C=O) groups excluding carboxylic acids is 2. The minimum Gasteiger partial charge on any atom is -0.288 e. The summed E-state index contributed by atoms with van der Waals surface area (Å²) in [7, 11) is 0. The predicted octanol–water partition coefficient (Wildman–Crippen LogP) is 2.22. The second-order valence-corrected chi connectivity index (χ2v) is 5.12. The molecule has 1 unspecified atom stereocenters. The Morgan fingerprint density at radius 2 is 2.07 bits per heavy atom. The highest BCUT2D eigenvalue weighted by molar-refractivity contribution is 8.17. The quantitative estimate of drug-likeness (QED) is 0.414. The zero-order valence-electron chi connectivity index (χ0n) is 7.97. The number of hydrogen-bond acceptors (Lipinski definition) is 5. The highest BCUT2D eigenvalue weighted by Gasteiger charge is 2.12. The molecule has 0 aliphatic carbocycles. The molecule has 0 amide bonds.